The Balaban J connectivity index is 1.52. The fraction of sp³-hybridized carbons (Fsp3) is 0.629. The van der Waals surface area contributed by atoms with Gasteiger partial charge in [0.25, 0.3) is 0 Å². The van der Waals surface area contributed by atoms with Gasteiger partial charge in [0.1, 0.15) is 5.78 Å². The molecule has 1 nitrogen and oxygen atoms in total. The van der Waals surface area contributed by atoms with Gasteiger partial charge in [-0.2, -0.15) is 0 Å². The standard InChI is InChI=1S/C35H50O/c1-20-21(2)25(6)34(26(7)22(20)3)35-27(8)23(4)33(24(5)28(35)9)19-12-29-10-13-30(14-11-29)31-15-17-32(36)18-16-31/h29-31H,10-19H2,1-9H3. The fourth-order valence-electron chi connectivity index (χ4n) is 7.75. The van der Waals surface area contributed by atoms with E-state index in [9.17, 15) is 4.79 Å². The van der Waals surface area contributed by atoms with Gasteiger partial charge in [0.15, 0.2) is 0 Å². The van der Waals surface area contributed by atoms with E-state index >= 15 is 0 Å². The van der Waals surface area contributed by atoms with Gasteiger partial charge in [0, 0.05) is 12.8 Å². The first-order valence-corrected chi connectivity index (χ1v) is 14.7. The Morgan fingerprint density at radius 2 is 0.889 bits per heavy atom. The first-order chi connectivity index (χ1) is 17.0. The molecule has 0 bridgehead atoms. The summed E-state index contributed by atoms with van der Waals surface area (Å²) < 4.78 is 0. The van der Waals surface area contributed by atoms with Crippen molar-refractivity contribution in [1.82, 2.24) is 0 Å². The number of hydrogen-bond donors (Lipinski definition) is 0. The van der Waals surface area contributed by atoms with E-state index in [0.29, 0.717) is 5.78 Å². The van der Waals surface area contributed by atoms with Crippen molar-refractivity contribution in [1.29, 1.82) is 0 Å². The van der Waals surface area contributed by atoms with Crippen LogP contribution in [0.5, 0.6) is 0 Å². The van der Waals surface area contributed by atoms with E-state index in [-0.39, 0.29) is 0 Å². The van der Waals surface area contributed by atoms with Crippen LogP contribution in [0.3, 0.4) is 0 Å². The maximum atomic E-state index is 11.6. The Bertz CT molecular complexity index is 1090. The third kappa shape index (κ3) is 4.97. The van der Waals surface area contributed by atoms with E-state index in [1.807, 2.05) is 0 Å². The zero-order valence-electron chi connectivity index (χ0n) is 24.7. The molecule has 2 aliphatic rings. The van der Waals surface area contributed by atoms with Crippen LogP contribution in [0.2, 0.25) is 0 Å². The maximum Gasteiger partial charge on any atom is 0.132 e. The van der Waals surface area contributed by atoms with Crippen LogP contribution >= 0.6 is 0 Å². The Morgan fingerprint density at radius 1 is 0.500 bits per heavy atom. The molecule has 2 aromatic carbocycles. The van der Waals surface area contributed by atoms with Gasteiger partial charge >= 0.3 is 0 Å². The van der Waals surface area contributed by atoms with E-state index in [1.165, 1.54) is 99.7 Å². The highest BCUT2D eigenvalue weighted by Gasteiger charge is 2.30. The number of hydrogen-bond acceptors (Lipinski definition) is 1. The van der Waals surface area contributed by atoms with Crippen molar-refractivity contribution in [3.05, 3.63) is 55.6 Å². The molecule has 2 fully saturated rings. The Kier molecular flexibility index (Phi) is 8.18. The van der Waals surface area contributed by atoms with Crippen LogP contribution in [0.15, 0.2) is 0 Å². The monoisotopic (exact) mass is 486 g/mol. The third-order valence-corrected chi connectivity index (χ3v) is 11.0. The predicted octanol–water partition coefficient (Wildman–Crippen LogP) is 9.63. The number of carbonyl (C=O) groups is 1. The van der Waals surface area contributed by atoms with E-state index in [2.05, 4.69) is 62.3 Å². The van der Waals surface area contributed by atoms with E-state index in [4.69, 9.17) is 0 Å². The van der Waals surface area contributed by atoms with Gasteiger partial charge in [0.05, 0.1) is 0 Å². The quantitative estimate of drug-likeness (QED) is 0.411. The van der Waals surface area contributed by atoms with Crippen molar-refractivity contribution in [3.8, 4) is 11.1 Å². The van der Waals surface area contributed by atoms with Gasteiger partial charge in [-0.05, 0) is 185 Å². The molecular formula is C35H50O. The molecule has 0 aromatic heterocycles. The van der Waals surface area contributed by atoms with Crippen molar-refractivity contribution in [2.45, 2.75) is 127 Å². The lowest BCUT2D eigenvalue weighted by molar-refractivity contribution is -0.121. The largest absolute Gasteiger partial charge is 0.300 e. The molecule has 0 saturated heterocycles. The molecule has 0 atom stereocenters. The first-order valence-electron chi connectivity index (χ1n) is 14.7. The molecule has 2 aliphatic carbocycles. The van der Waals surface area contributed by atoms with Gasteiger partial charge < -0.3 is 0 Å². The lowest BCUT2D eigenvalue weighted by atomic mass is 9.70. The summed E-state index contributed by atoms with van der Waals surface area (Å²) in [6, 6.07) is 0. The topological polar surface area (TPSA) is 17.1 Å². The lowest BCUT2D eigenvalue weighted by Gasteiger charge is -2.35. The molecule has 2 saturated carbocycles. The number of benzene rings is 2. The van der Waals surface area contributed by atoms with E-state index in [0.717, 1.165) is 43.4 Å². The van der Waals surface area contributed by atoms with Gasteiger partial charge in [-0.3, -0.25) is 4.79 Å². The van der Waals surface area contributed by atoms with Crippen LogP contribution in [0, 0.1) is 80.1 Å². The number of carbonyl (C=O) groups excluding carboxylic acids is 1. The van der Waals surface area contributed by atoms with Crippen molar-refractivity contribution in [3.63, 3.8) is 0 Å². The molecule has 0 N–H and O–H groups in total. The SMILES string of the molecule is Cc1c(C)c(C)c(-c2c(C)c(C)c(CCC3CCC(C4CCC(=O)CC4)CC3)c(C)c2C)c(C)c1C. The molecule has 196 valence electrons. The number of ketones is 1. The molecule has 4 rings (SSSR count). The summed E-state index contributed by atoms with van der Waals surface area (Å²) in [5.74, 6) is 3.08. The van der Waals surface area contributed by atoms with Crippen LogP contribution in [-0.4, -0.2) is 5.78 Å². The molecule has 0 unspecified atom stereocenters. The first kappa shape index (κ1) is 27.2. The van der Waals surface area contributed by atoms with Crippen LogP contribution in [0.4, 0.5) is 0 Å². The van der Waals surface area contributed by atoms with E-state index in [1.54, 1.807) is 5.56 Å². The van der Waals surface area contributed by atoms with Crippen LogP contribution < -0.4 is 0 Å². The van der Waals surface area contributed by atoms with Crippen molar-refractivity contribution in [2.24, 2.45) is 17.8 Å². The van der Waals surface area contributed by atoms with Crippen LogP contribution in [-0.2, 0) is 11.2 Å². The summed E-state index contributed by atoms with van der Waals surface area (Å²) in [7, 11) is 0. The van der Waals surface area contributed by atoms with Gasteiger partial charge in [-0.1, -0.05) is 12.8 Å². The fourth-order valence-corrected chi connectivity index (χ4v) is 7.75. The highest BCUT2D eigenvalue weighted by atomic mass is 16.1. The molecule has 0 radical (unpaired) electrons. The summed E-state index contributed by atoms with van der Waals surface area (Å²) in [6.45, 7) is 21.0. The van der Waals surface area contributed by atoms with Crippen molar-refractivity contribution >= 4 is 5.78 Å². The molecule has 0 amide bonds. The molecule has 0 aliphatic heterocycles. The zero-order valence-corrected chi connectivity index (χ0v) is 24.7. The normalized spacial score (nSPS) is 21.3. The molecule has 0 heterocycles. The van der Waals surface area contributed by atoms with Gasteiger partial charge in [-0.15, -0.1) is 0 Å². The highest BCUT2D eigenvalue weighted by molar-refractivity contribution is 5.81. The summed E-state index contributed by atoms with van der Waals surface area (Å²) in [6.07, 6.45) is 12.1. The van der Waals surface area contributed by atoms with Crippen LogP contribution in [0.1, 0.15) is 113 Å². The molecule has 1 heteroatoms. The Morgan fingerprint density at radius 3 is 1.36 bits per heavy atom. The molecular weight excluding hydrogens is 436 g/mol. The maximum absolute atomic E-state index is 11.6. The van der Waals surface area contributed by atoms with Crippen LogP contribution in [0.25, 0.3) is 11.1 Å². The number of rotatable bonds is 5. The van der Waals surface area contributed by atoms with E-state index < -0.39 is 0 Å². The second-order valence-corrected chi connectivity index (χ2v) is 12.5. The van der Waals surface area contributed by atoms with Gasteiger partial charge in [0.2, 0.25) is 0 Å². The summed E-state index contributed by atoms with van der Waals surface area (Å²) in [4.78, 5) is 11.6. The lowest BCUT2D eigenvalue weighted by Crippen LogP contribution is -2.26. The molecule has 36 heavy (non-hydrogen) atoms. The van der Waals surface area contributed by atoms with Crippen molar-refractivity contribution < 1.29 is 4.79 Å². The minimum Gasteiger partial charge on any atom is -0.300 e. The average Bonchev–Trinajstić information content (AvgIpc) is 2.88. The molecule has 2 aromatic rings. The third-order valence-electron chi connectivity index (χ3n) is 11.0. The Hall–Kier alpha value is -1.89. The Labute approximate surface area is 221 Å². The summed E-state index contributed by atoms with van der Waals surface area (Å²) in [5.41, 5.74) is 17.8. The minimum atomic E-state index is 0.500. The zero-order chi connectivity index (χ0) is 26.3. The summed E-state index contributed by atoms with van der Waals surface area (Å²) in [5, 5.41) is 0. The predicted molar refractivity (Wildman–Crippen MR) is 155 cm³/mol. The van der Waals surface area contributed by atoms with Crippen molar-refractivity contribution in [2.75, 3.05) is 0 Å². The highest BCUT2D eigenvalue weighted by Crippen LogP contribution is 2.43. The average molecular weight is 487 g/mol. The second kappa shape index (κ2) is 10.8. The summed E-state index contributed by atoms with van der Waals surface area (Å²) >= 11 is 0. The second-order valence-electron chi connectivity index (χ2n) is 12.5. The molecule has 0 spiro atoms. The number of Topliss-reactive ketones (excluding diaryl/α,β-unsaturated/α-hetero) is 1. The minimum absolute atomic E-state index is 0.500. The van der Waals surface area contributed by atoms with Gasteiger partial charge in [-0.25, -0.2) is 0 Å². The smallest absolute Gasteiger partial charge is 0.132 e.